The van der Waals surface area contributed by atoms with Crippen molar-refractivity contribution in [3.05, 3.63) is 96.4 Å². The van der Waals surface area contributed by atoms with Gasteiger partial charge in [-0.1, -0.05) is 36.4 Å². The van der Waals surface area contributed by atoms with Crippen molar-refractivity contribution in [2.75, 3.05) is 6.61 Å². The number of aromatic nitrogens is 3. The van der Waals surface area contributed by atoms with Crippen molar-refractivity contribution in [3.8, 4) is 17.0 Å². The Morgan fingerprint density at radius 1 is 0.788 bits per heavy atom. The molecule has 0 fully saturated rings. The third kappa shape index (κ3) is 4.48. The maximum Gasteiger partial charge on any atom is 0.416 e. The predicted molar refractivity (Wildman–Crippen MR) is 121 cm³/mol. The lowest BCUT2D eigenvalue weighted by Crippen LogP contribution is -2.05. The fraction of sp³-hybridized carbons (Fsp3) is 0.115. The summed E-state index contributed by atoms with van der Waals surface area (Å²) in [5, 5.41) is 1.71. The first kappa shape index (κ1) is 20.9. The van der Waals surface area contributed by atoms with Gasteiger partial charge in [-0.3, -0.25) is 4.98 Å². The van der Waals surface area contributed by atoms with Gasteiger partial charge in [0.15, 0.2) is 0 Å². The van der Waals surface area contributed by atoms with Crippen molar-refractivity contribution < 1.29 is 17.9 Å². The Labute approximate surface area is 187 Å². The highest BCUT2D eigenvalue weighted by Gasteiger charge is 2.30. The van der Waals surface area contributed by atoms with E-state index in [-0.39, 0.29) is 0 Å². The number of alkyl halides is 3. The first-order valence-electron chi connectivity index (χ1n) is 10.4. The molecular formula is C26H18F3N3O. The largest absolute Gasteiger partial charge is 0.493 e. The summed E-state index contributed by atoms with van der Waals surface area (Å²) in [5.74, 6) is 0.589. The number of pyridine rings is 1. The molecule has 2 aromatic heterocycles. The smallest absolute Gasteiger partial charge is 0.416 e. The van der Waals surface area contributed by atoms with Crippen LogP contribution in [0.4, 0.5) is 13.2 Å². The Hall–Kier alpha value is -4.00. The van der Waals surface area contributed by atoms with Crippen molar-refractivity contribution in [1.29, 1.82) is 0 Å². The molecule has 0 saturated carbocycles. The number of ether oxygens (including phenoxy) is 1. The summed E-state index contributed by atoms with van der Waals surface area (Å²) in [6, 6.07) is 22.4. The van der Waals surface area contributed by atoms with E-state index >= 15 is 0 Å². The van der Waals surface area contributed by atoms with E-state index in [0.717, 1.165) is 28.7 Å². The van der Waals surface area contributed by atoms with Crippen molar-refractivity contribution in [2.45, 2.75) is 12.6 Å². The zero-order chi connectivity index (χ0) is 22.8. The van der Waals surface area contributed by atoms with Gasteiger partial charge >= 0.3 is 6.18 Å². The molecule has 0 saturated heterocycles. The third-order valence-corrected chi connectivity index (χ3v) is 5.35. The molecule has 0 aliphatic carbocycles. The van der Waals surface area contributed by atoms with Crippen molar-refractivity contribution in [1.82, 2.24) is 15.0 Å². The van der Waals surface area contributed by atoms with Gasteiger partial charge in [0, 0.05) is 28.5 Å². The van der Waals surface area contributed by atoms with Gasteiger partial charge < -0.3 is 4.74 Å². The van der Waals surface area contributed by atoms with E-state index in [1.807, 2.05) is 36.4 Å². The predicted octanol–water partition coefficient (Wildman–Crippen LogP) is 6.49. The summed E-state index contributed by atoms with van der Waals surface area (Å²) in [4.78, 5) is 13.1. The lowest BCUT2D eigenvalue weighted by Gasteiger charge is -2.11. The van der Waals surface area contributed by atoms with E-state index < -0.39 is 11.7 Å². The molecule has 5 aromatic rings. The molecular weight excluding hydrogens is 427 g/mol. The molecule has 0 radical (unpaired) electrons. The summed E-state index contributed by atoms with van der Waals surface area (Å²) in [6.07, 6.45) is -2.46. The fourth-order valence-electron chi connectivity index (χ4n) is 3.72. The van der Waals surface area contributed by atoms with Gasteiger partial charge in [0.1, 0.15) is 12.1 Å². The van der Waals surface area contributed by atoms with Crippen LogP contribution in [-0.2, 0) is 12.6 Å². The normalized spacial score (nSPS) is 11.7. The molecule has 0 aliphatic heterocycles. The summed E-state index contributed by atoms with van der Waals surface area (Å²) in [5.41, 5.74) is 2.55. The van der Waals surface area contributed by atoms with Crippen LogP contribution in [0.15, 0.2) is 85.2 Å². The summed E-state index contributed by atoms with van der Waals surface area (Å²) < 4.78 is 45.4. The van der Waals surface area contributed by atoms with Gasteiger partial charge in [0.05, 0.1) is 28.9 Å². The first-order valence-corrected chi connectivity index (χ1v) is 10.4. The van der Waals surface area contributed by atoms with Gasteiger partial charge in [0.2, 0.25) is 0 Å². The number of fused-ring (bicyclic) bond motifs is 2. The van der Waals surface area contributed by atoms with Crippen LogP contribution >= 0.6 is 0 Å². The van der Waals surface area contributed by atoms with E-state index in [0.29, 0.717) is 40.9 Å². The van der Waals surface area contributed by atoms with E-state index in [2.05, 4.69) is 15.0 Å². The van der Waals surface area contributed by atoms with Crippen LogP contribution in [0.1, 0.15) is 11.3 Å². The Balaban J connectivity index is 1.39. The number of para-hydroxylation sites is 1. The van der Waals surface area contributed by atoms with Crippen LogP contribution in [0.5, 0.6) is 5.75 Å². The second-order valence-corrected chi connectivity index (χ2v) is 7.57. The quantitative estimate of drug-likeness (QED) is 0.310. The average Bonchev–Trinajstić information content (AvgIpc) is 2.83. The standard InChI is InChI=1S/C26H18F3N3O/c27-26(28,29)19-6-3-5-18(14-19)25-22-15-21(10-11-24(22)30-16-31-25)33-13-12-20-9-8-17-4-1-2-7-23(17)32-20/h1-11,14-16H,12-13H2. The minimum absolute atomic E-state index is 0.370. The maximum atomic E-state index is 13.2. The maximum absolute atomic E-state index is 13.2. The number of benzene rings is 3. The van der Waals surface area contributed by atoms with Gasteiger partial charge in [-0.25, -0.2) is 9.97 Å². The highest BCUT2D eigenvalue weighted by Crippen LogP contribution is 2.34. The number of nitrogens with zero attached hydrogens (tertiary/aromatic N) is 3. The molecule has 0 bridgehead atoms. The molecule has 0 aliphatic rings. The molecule has 0 spiro atoms. The Bertz CT molecular complexity index is 1450. The summed E-state index contributed by atoms with van der Waals surface area (Å²) in [7, 11) is 0. The number of rotatable bonds is 5. The lowest BCUT2D eigenvalue weighted by molar-refractivity contribution is -0.137. The number of hydrogen-bond acceptors (Lipinski definition) is 4. The summed E-state index contributed by atoms with van der Waals surface area (Å²) >= 11 is 0. The zero-order valence-corrected chi connectivity index (χ0v) is 17.4. The van der Waals surface area contributed by atoms with Crippen LogP contribution < -0.4 is 4.74 Å². The first-order chi connectivity index (χ1) is 16.0. The van der Waals surface area contributed by atoms with Crippen molar-refractivity contribution in [2.24, 2.45) is 0 Å². The minimum atomic E-state index is -4.43. The SMILES string of the molecule is FC(F)(F)c1cccc(-c2ncnc3ccc(OCCc4ccc5ccccc5n4)cc23)c1. The molecule has 3 aromatic carbocycles. The molecule has 4 nitrogen and oxygen atoms in total. The molecule has 7 heteroatoms. The van der Waals surface area contributed by atoms with Gasteiger partial charge in [-0.2, -0.15) is 13.2 Å². The highest BCUT2D eigenvalue weighted by atomic mass is 19.4. The topological polar surface area (TPSA) is 47.9 Å². The Kier molecular flexibility index (Phi) is 5.38. The van der Waals surface area contributed by atoms with Gasteiger partial charge in [-0.05, 0) is 42.5 Å². The second kappa shape index (κ2) is 8.50. The molecule has 2 heterocycles. The molecule has 0 N–H and O–H groups in total. The van der Waals surface area contributed by atoms with Crippen LogP contribution in [0.3, 0.4) is 0 Å². The highest BCUT2D eigenvalue weighted by molar-refractivity contribution is 5.93. The van der Waals surface area contributed by atoms with Gasteiger partial charge in [-0.15, -0.1) is 0 Å². The van der Waals surface area contributed by atoms with Crippen molar-refractivity contribution >= 4 is 21.8 Å². The Morgan fingerprint density at radius 2 is 1.67 bits per heavy atom. The number of halogens is 3. The molecule has 0 unspecified atom stereocenters. The molecule has 164 valence electrons. The van der Waals surface area contributed by atoms with Crippen LogP contribution in [-0.4, -0.2) is 21.6 Å². The van der Waals surface area contributed by atoms with Crippen LogP contribution in [0.25, 0.3) is 33.1 Å². The lowest BCUT2D eigenvalue weighted by atomic mass is 10.0. The van der Waals surface area contributed by atoms with E-state index in [4.69, 9.17) is 4.74 Å². The van der Waals surface area contributed by atoms with Crippen LogP contribution in [0.2, 0.25) is 0 Å². The van der Waals surface area contributed by atoms with Crippen molar-refractivity contribution in [3.63, 3.8) is 0 Å². The van der Waals surface area contributed by atoms with E-state index in [1.165, 1.54) is 12.4 Å². The molecule has 33 heavy (non-hydrogen) atoms. The fourth-order valence-corrected chi connectivity index (χ4v) is 3.72. The second-order valence-electron chi connectivity index (χ2n) is 7.57. The van der Waals surface area contributed by atoms with Crippen LogP contribution in [0, 0.1) is 0 Å². The minimum Gasteiger partial charge on any atom is -0.493 e. The third-order valence-electron chi connectivity index (χ3n) is 5.35. The molecule has 0 atom stereocenters. The molecule has 0 amide bonds. The number of hydrogen-bond donors (Lipinski definition) is 0. The van der Waals surface area contributed by atoms with Gasteiger partial charge in [0.25, 0.3) is 0 Å². The monoisotopic (exact) mass is 445 g/mol. The zero-order valence-electron chi connectivity index (χ0n) is 17.4. The van der Waals surface area contributed by atoms with E-state index in [9.17, 15) is 13.2 Å². The van der Waals surface area contributed by atoms with E-state index in [1.54, 1.807) is 24.3 Å². The Morgan fingerprint density at radius 3 is 2.55 bits per heavy atom. The molecule has 5 rings (SSSR count). The summed E-state index contributed by atoms with van der Waals surface area (Å²) in [6.45, 7) is 0.406. The average molecular weight is 445 g/mol.